The van der Waals surface area contributed by atoms with E-state index in [1.54, 1.807) is 0 Å². The van der Waals surface area contributed by atoms with Crippen molar-refractivity contribution < 1.29 is 5.11 Å². The maximum atomic E-state index is 8.73. The topological polar surface area (TPSA) is 20.2 Å². The Morgan fingerprint density at radius 2 is 1.33 bits per heavy atom. The van der Waals surface area contributed by atoms with E-state index in [4.69, 9.17) is 5.11 Å². The lowest BCUT2D eigenvalue weighted by Crippen LogP contribution is -1.97. The van der Waals surface area contributed by atoms with Gasteiger partial charge in [0.15, 0.2) is 0 Å². The fraction of sp³-hybridized carbons (Fsp3) is 1.00. The van der Waals surface area contributed by atoms with Crippen LogP contribution in [0.1, 0.15) is 90.4 Å². The highest BCUT2D eigenvalue weighted by atomic mass is 16.2. The summed E-state index contributed by atoms with van der Waals surface area (Å²) in [7, 11) is 0. The molecule has 0 radical (unpaired) electrons. The van der Waals surface area contributed by atoms with Gasteiger partial charge < -0.3 is 5.11 Å². The van der Waals surface area contributed by atoms with Crippen LogP contribution in [0.2, 0.25) is 0 Å². The number of unbranched alkanes of at least 4 members (excludes halogenated alkanes) is 6. The summed E-state index contributed by atoms with van der Waals surface area (Å²) in [6.07, 6.45) is 18.2. The summed E-state index contributed by atoms with van der Waals surface area (Å²) >= 11 is 0. The van der Waals surface area contributed by atoms with E-state index in [-0.39, 0.29) is 0 Å². The highest BCUT2D eigenvalue weighted by molar-refractivity contribution is 4.75. The quantitative estimate of drug-likeness (QED) is 0.495. The molecule has 1 aliphatic rings. The van der Waals surface area contributed by atoms with Crippen molar-refractivity contribution in [1.82, 2.24) is 0 Å². The van der Waals surface area contributed by atoms with Crippen molar-refractivity contribution in [2.24, 2.45) is 11.8 Å². The van der Waals surface area contributed by atoms with Crippen molar-refractivity contribution in [1.29, 1.82) is 0 Å². The second-order valence-electron chi connectivity index (χ2n) is 6.32. The highest BCUT2D eigenvalue weighted by Crippen LogP contribution is 2.37. The molecular weight excluding hydrogens is 220 g/mol. The van der Waals surface area contributed by atoms with Crippen LogP contribution in [-0.2, 0) is 0 Å². The van der Waals surface area contributed by atoms with Crippen LogP contribution in [0.4, 0.5) is 0 Å². The molecule has 2 atom stereocenters. The minimum Gasteiger partial charge on any atom is -0.396 e. The zero-order valence-electron chi connectivity index (χ0n) is 12.5. The standard InChI is InChI=1S/C17H34O/c1-2-3-4-7-10-16-12-13-17(15-16)11-8-5-6-9-14-18/h16-18H,2-15H2,1H3. The minimum atomic E-state index is 0.378. The van der Waals surface area contributed by atoms with E-state index in [1.807, 2.05) is 0 Å². The summed E-state index contributed by atoms with van der Waals surface area (Å²) < 4.78 is 0. The van der Waals surface area contributed by atoms with E-state index in [1.165, 1.54) is 77.0 Å². The van der Waals surface area contributed by atoms with Crippen LogP contribution >= 0.6 is 0 Å². The second kappa shape index (κ2) is 10.8. The van der Waals surface area contributed by atoms with Crippen LogP contribution < -0.4 is 0 Å². The van der Waals surface area contributed by atoms with E-state index < -0.39 is 0 Å². The van der Waals surface area contributed by atoms with Crippen LogP contribution in [0.15, 0.2) is 0 Å². The molecule has 1 rings (SSSR count). The normalized spacial score (nSPS) is 23.7. The van der Waals surface area contributed by atoms with Gasteiger partial charge in [-0.1, -0.05) is 77.6 Å². The molecule has 18 heavy (non-hydrogen) atoms. The fourth-order valence-electron chi connectivity index (χ4n) is 3.46. The molecule has 1 saturated carbocycles. The molecule has 0 amide bonds. The molecule has 0 aromatic rings. The van der Waals surface area contributed by atoms with Crippen molar-refractivity contribution >= 4 is 0 Å². The van der Waals surface area contributed by atoms with Crippen LogP contribution in [0.3, 0.4) is 0 Å². The molecule has 1 fully saturated rings. The van der Waals surface area contributed by atoms with Gasteiger partial charge in [-0.25, -0.2) is 0 Å². The molecular formula is C17H34O. The molecule has 0 aliphatic heterocycles. The third-order valence-corrected chi connectivity index (χ3v) is 4.64. The van der Waals surface area contributed by atoms with Gasteiger partial charge in [0.25, 0.3) is 0 Å². The molecule has 1 N–H and O–H groups in total. The Balaban J connectivity index is 1.92. The molecule has 0 heterocycles. The van der Waals surface area contributed by atoms with Crippen molar-refractivity contribution in [3.63, 3.8) is 0 Å². The number of aliphatic hydroxyl groups is 1. The first-order valence-electron chi connectivity index (χ1n) is 8.47. The SMILES string of the molecule is CCCCCCC1CCC(CCCCCCO)C1. The van der Waals surface area contributed by atoms with Gasteiger partial charge in [-0.05, 0) is 24.7 Å². The molecule has 2 unspecified atom stereocenters. The number of hydrogen-bond donors (Lipinski definition) is 1. The average Bonchev–Trinajstić information content (AvgIpc) is 2.82. The van der Waals surface area contributed by atoms with Crippen molar-refractivity contribution in [3.05, 3.63) is 0 Å². The van der Waals surface area contributed by atoms with Gasteiger partial charge in [0.2, 0.25) is 0 Å². The summed E-state index contributed by atoms with van der Waals surface area (Å²) in [6.45, 7) is 2.67. The summed E-state index contributed by atoms with van der Waals surface area (Å²) in [5.41, 5.74) is 0. The predicted octanol–water partition coefficient (Wildman–Crippen LogP) is 5.32. The number of aliphatic hydroxyl groups excluding tert-OH is 1. The monoisotopic (exact) mass is 254 g/mol. The zero-order chi connectivity index (χ0) is 13.1. The first-order chi connectivity index (χ1) is 8.86. The minimum absolute atomic E-state index is 0.378. The Morgan fingerprint density at radius 3 is 1.89 bits per heavy atom. The Kier molecular flexibility index (Phi) is 9.65. The maximum Gasteiger partial charge on any atom is 0.0431 e. The Hall–Kier alpha value is -0.0400. The molecule has 0 aromatic carbocycles. The smallest absolute Gasteiger partial charge is 0.0431 e. The van der Waals surface area contributed by atoms with Crippen molar-refractivity contribution in [2.75, 3.05) is 6.61 Å². The van der Waals surface area contributed by atoms with E-state index in [0.717, 1.165) is 18.3 Å². The average molecular weight is 254 g/mol. The molecule has 1 heteroatoms. The van der Waals surface area contributed by atoms with E-state index >= 15 is 0 Å². The predicted molar refractivity (Wildman–Crippen MR) is 79.8 cm³/mol. The molecule has 0 spiro atoms. The van der Waals surface area contributed by atoms with E-state index in [0.29, 0.717) is 6.61 Å². The van der Waals surface area contributed by atoms with Gasteiger partial charge in [-0.3, -0.25) is 0 Å². The second-order valence-corrected chi connectivity index (χ2v) is 6.32. The van der Waals surface area contributed by atoms with Gasteiger partial charge in [0, 0.05) is 6.61 Å². The largest absolute Gasteiger partial charge is 0.396 e. The van der Waals surface area contributed by atoms with Crippen molar-refractivity contribution in [2.45, 2.75) is 90.4 Å². The Labute approximate surface area is 114 Å². The maximum absolute atomic E-state index is 8.73. The summed E-state index contributed by atoms with van der Waals surface area (Å²) in [4.78, 5) is 0. The Bertz CT molecular complexity index is 178. The molecule has 0 bridgehead atoms. The Morgan fingerprint density at radius 1 is 0.778 bits per heavy atom. The van der Waals surface area contributed by atoms with Crippen molar-refractivity contribution in [3.8, 4) is 0 Å². The lowest BCUT2D eigenvalue weighted by molar-refractivity contribution is 0.281. The summed E-state index contributed by atoms with van der Waals surface area (Å²) in [5, 5.41) is 8.73. The van der Waals surface area contributed by atoms with Gasteiger partial charge in [-0.2, -0.15) is 0 Å². The van der Waals surface area contributed by atoms with Gasteiger partial charge in [-0.15, -0.1) is 0 Å². The number of rotatable bonds is 11. The van der Waals surface area contributed by atoms with Crippen LogP contribution in [0.5, 0.6) is 0 Å². The molecule has 1 aliphatic carbocycles. The van der Waals surface area contributed by atoms with Crippen LogP contribution in [0.25, 0.3) is 0 Å². The van der Waals surface area contributed by atoms with Gasteiger partial charge in [0.1, 0.15) is 0 Å². The molecule has 0 aromatic heterocycles. The highest BCUT2D eigenvalue weighted by Gasteiger charge is 2.23. The molecule has 1 nitrogen and oxygen atoms in total. The van der Waals surface area contributed by atoms with Gasteiger partial charge >= 0.3 is 0 Å². The lowest BCUT2D eigenvalue weighted by Gasteiger charge is -2.11. The first kappa shape index (κ1) is 16.0. The summed E-state index contributed by atoms with van der Waals surface area (Å²) in [6, 6.07) is 0. The number of hydrogen-bond acceptors (Lipinski definition) is 1. The van der Waals surface area contributed by atoms with Gasteiger partial charge in [0.05, 0.1) is 0 Å². The zero-order valence-corrected chi connectivity index (χ0v) is 12.5. The van der Waals surface area contributed by atoms with E-state index in [2.05, 4.69) is 6.92 Å². The molecule has 108 valence electrons. The molecule has 0 saturated heterocycles. The summed E-state index contributed by atoms with van der Waals surface area (Å²) in [5.74, 6) is 2.10. The first-order valence-corrected chi connectivity index (χ1v) is 8.47. The lowest BCUT2D eigenvalue weighted by atomic mass is 9.95. The third kappa shape index (κ3) is 7.41. The fourth-order valence-corrected chi connectivity index (χ4v) is 3.46. The van der Waals surface area contributed by atoms with Crippen LogP contribution in [-0.4, -0.2) is 11.7 Å². The van der Waals surface area contributed by atoms with E-state index in [9.17, 15) is 0 Å². The van der Waals surface area contributed by atoms with Crippen LogP contribution in [0, 0.1) is 11.8 Å². The third-order valence-electron chi connectivity index (χ3n) is 4.64.